The van der Waals surface area contributed by atoms with Crippen LogP contribution in [-0.4, -0.2) is 20.4 Å². The van der Waals surface area contributed by atoms with E-state index in [1.807, 2.05) is 0 Å². The van der Waals surface area contributed by atoms with Gasteiger partial charge in [0.15, 0.2) is 0 Å². The summed E-state index contributed by atoms with van der Waals surface area (Å²) in [7, 11) is -2.11. The lowest BCUT2D eigenvalue weighted by Gasteiger charge is -2.22. The van der Waals surface area contributed by atoms with Crippen LogP contribution in [0.25, 0.3) is 0 Å². The molecule has 112 valence electrons. The fourth-order valence-electron chi connectivity index (χ4n) is 2.27. The van der Waals surface area contributed by atoms with Crippen LogP contribution in [0.3, 0.4) is 0 Å². The number of hydrogen-bond donors (Lipinski definition) is 2. The number of aryl methyl sites for hydroxylation is 2. The minimum atomic E-state index is -3.64. The minimum Gasteiger partial charge on any atom is -0.324 e. The lowest BCUT2D eigenvalue weighted by Crippen LogP contribution is -2.28. The van der Waals surface area contributed by atoms with Gasteiger partial charge in [-0.05, 0) is 49.2 Å². The van der Waals surface area contributed by atoms with Gasteiger partial charge in [0.2, 0.25) is 0 Å². The molecule has 0 bridgehead atoms. The molecule has 2 rings (SSSR count). The Kier molecular flexibility index (Phi) is 4.15. The summed E-state index contributed by atoms with van der Waals surface area (Å²) in [6.45, 7) is 3.50. The maximum absolute atomic E-state index is 12.8. The first-order chi connectivity index (χ1) is 9.87. The van der Waals surface area contributed by atoms with E-state index in [4.69, 9.17) is 5.84 Å². The predicted molar refractivity (Wildman–Crippen MR) is 83.6 cm³/mol. The van der Waals surface area contributed by atoms with Gasteiger partial charge in [-0.3, -0.25) is 15.1 Å². The van der Waals surface area contributed by atoms with Crippen molar-refractivity contribution < 1.29 is 8.42 Å². The molecule has 0 aliphatic carbocycles. The van der Waals surface area contributed by atoms with Crippen LogP contribution in [0.15, 0.2) is 41.6 Å². The van der Waals surface area contributed by atoms with Gasteiger partial charge >= 0.3 is 0 Å². The quantitative estimate of drug-likeness (QED) is 0.664. The second-order valence-electron chi connectivity index (χ2n) is 4.76. The van der Waals surface area contributed by atoms with Gasteiger partial charge < -0.3 is 5.43 Å². The van der Waals surface area contributed by atoms with E-state index < -0.39 is 10.0 Å². The van der Waals surface area contributed by atoms with Crippen LogP contribution in [0.1, 0.15) is 11.1 Å². The van der Waals surface area contributed by atoms with Crippen molar-refractivity contribution in [2.45, 2.75) is 18.7 Å². The Labute approximate surface area is 124 Å². The Morgan fingerprint density at radius 1 is 1.14 bits per heavy atom. The standard InChI is InChI=1S/C14H18N4O2S/c1-10-8-12(17-15)9-11(2)14(10)21(19,20)18(3)13-4-6-16-7-5-13/h4-9,17H,15H2,1-3H3. The molecule has 7 heteroatoms. The Hall–Kier alpha value is -2.12. The zero-order valence-electron chi connectivity index (χ0n) is 12.2. The monoisotopic (exact) mass is 306 g/mol. The number of sulfonamides is 1. The van der Waals surface area contributed by atoms with E-state index in [0.29, 0.717) is 27.4 Å². The van der Waals surface area contributed by atoms with Crippen LogP contribution in [0.2, 0.25) is 0 Å². The Morgan fingerprint density at radius 2 is 1.67 bits per heavy atom. The molecule has 1 heterocycles. The van der Waals surface area contributed by atoms with Gasteiger partial charge in [0.1, 0.15) is 0 Å². The lowest BCUT2D eigenvalue weighted by atomic mass is 10.1. The van der Waals surface area contributed by atoms with Crippen LogP contribution in [0, 0.1) is 13.8 Å². The molecule has 0 saturated heterocycles. The van der Waals surface area contributed by atoms with Gasteiger partial charge in [-0.25, -0.2) is 8.42 Å². The second-order valence-corrected chi connectivity index (χ2v) is 6.67. The third kappa shape index (κ3) is 2.84. The summed E-state index contributed by atoms with van der Waals surface area (Å²) in [6.07, 6.45) is 3.12. The van der Waals surface area contributed by atoms with Crippen molar-refractivity contribution in [1.29, 1.82) is 0 Å². The predicted octanol–water partition coefficient (Wildman–Crippen LogP) is 1.81. The van der Waals surface area contributed by atoms with Crippen molar-refractivity contribution in [3.8, 4) is 0 Å². The van der Waals surface area contributed by atoms with Gasteiger partial charge in [0.05, 0.1) is 10.6 Å². The van der Waals surface area contributed by atoms with Crippen LogP contribution >= 0.6 is 0 Å². The summed E-state index contributed by atoms with van der Waals surface area (Å²) in [5, 5.41) is 0. The molecule has 0 spiro atoms. The summed E-state index contributed by atoms with van der Waals surface area (Å²) < 4.78 is 26.9. The number of pyridine rings is 1. The average Bonchev–Trinajstić information content (AvgIpc) is 2.46. The van der Waals surface area contributed by atoms with Crippen molar-refractivity contribution in [3.05, 3.63) is 47.8 Å². The SMILES string of the molecule is Cc1cc(NN)cc(C)c1S(=O)(=O)N(C)c1ccncc1. The number of aromatic nitrogens is 1. The Bertz CT molecular complexity index is 722. The summed E-state index contributed by atoms with van der Waals surface area (Å²) in [5.74, 6) is 5.38. The molecular weight excluding hydrogens is 288 g/mol. The lowest BCUT2D eigenvalue weighted by molar-refractivity contribution is 0.593. The van der Waals surface area contributed by atoms with Crippen molar-refractivity contribution in [1.82, 2.24) is 4.98 Å². The molecule has 0 atom stereocenters. The molecule has 0 fully saturated rings. The number of nitrogens with two attached hydrogens (primary N) is 1. The van der Waals surface area contributed by atoms with Gasteiger partial charge in [0.25, 0.3) is 10.0 Å². The summed E-state index contributed by atoms with van der Waals surface area (Å²) in [6, 6.07) is 6.72. The molecule has 2 aromatic rings. The number of benzene rings is 1. The zero-order chi connectivity index (χ0) is 15.6. The highest BCUT2D eigenvalue weighted by Crippen LogP contribution is 2.28. The van der Waals surface area contributed by atoms with E-state index >= 15 is 0 Å². The van der Waals surface area contributed by atoms with Crippen LogP contribution < -0.4 is 15.6 Å². The topological polar surface area (TPSA) is 88.3 Å². The molecule has 1 aromatic carbocycles. The number of nitrogens with one attached hydrogen (secondary N) is 1. The van der Waals surface area contributed by atoms with Crippen molar-refractivity contribution in [3.63, 3.8) is 0 Å². The van der Waals surface area contributed by atoms with E-state index in [1.165, 1.54) is 11.4 Å². The molecule has 1 aromatic heterocycles. The number of hydrogen-bond acceptors (Lipinski definition) is 5. The molecule has 0 radical (unpaired) electrons. The highest BCUT2D eigenvalue weighted by atomic mass is 32.2. The first-order valence-electron chi connectivity index (χ1n) is 6.34. The Balaban J connectivity index is 2.55. The molecule has 3 N–H and O–H groups in total. The van der Waals surface area contributed by atoms with Gasteiger partial charge in [0, 0.05) is 25.1 Å². The molecule has 0 aliphatic rings. The number of nitrogen functional groups attached to an aromatic ring is 1. The third-order valence-corrected chi connectivity index (χ3v) is 5.36. The largest absolute Gasteiger partial charge is 0.324 e. The van der Waals surface area contributed by atoms with Crippen molar-refractivity contribution in [2.75, 3.05) is 16.8 Å². The first kappa shape index (κ1) is 15.3. The number of nitrogens with zero attached hydrogens (tertiary/aromatic N) is 2. The molecule has 0 unspecified atom stereocenters. The minimum absolute atomic E-state index is 0.292. The fraction of sp³-hybridized carbons (Fsp3) is 0.214. The summed E-state index contributed by atoms with van der Waals surface area (Å²) in [4.78, 5) is 4.19. The Morgan fingerprint density at radius 3 is 2.14 bits per heavy atom. The second kappa shape index (κ2) is 5.71. The van der Waals surface area contributed by atoms with Gasteiger partial charge in [-0.2, -0.15) is 0 Å². The van der Waals surface area contributed by atoms with E-state index in [0.717, 1.165) is 0 Å². The smallest absolute Gasteiger partial charge is 0.264 e. The van der Waals surface area contributed by atoms with E-state index in [2.05, 4.69) is 10.4 Å². The first-order valence-corrected chi connectivity index (χ1v) is 7.78. The van der Waals surface area contributed by atoms with Gasteiger partial charge in [-0.15, -0.1) is 0 Å². The van der Waals surface area contributed by atoms with E-state index in [9.17, 15) is 8.42 Å². The highest BCUT2D eigenvalue weighted by molar-refractivity contribution is 7.92. The number of hydrazine groups is 1. The number of anilines is 2. The normalized spacial score (nSPS) is 11.2. The highest BCUT2D eigenvalue weighted by Gasteiger charge is 2.25. The van der Waals surface area contributed by atoms with Gasteiger partial charge in [-0.1, -0.05) is 0 Å². The molecule has 0 saturated carbocycles. The molecule has 0 aliphatic heterocycles. The number of rotatable bonds is 4. The average molecular weight is 306 g/mol. The summed E-state index contributed by atoms with van der Waals surface area (Å²) in [5.41, 5.74) is 5.05. The maximum atomic E-state index is 12.8. The van der Waals surface area contributed by atoms with Crippen LogP contribution in [0.4, 0.5) is 11.4 Å². The fourth-order valence-corrected chi connectivity index (χ4v) is 3.87. The molecule has 6 nitrogen and oxygen atoms in total. The summed E-state index contributed by atoms with van der Waals surface area (Å²) >= 11 is 0. The van der Waals surface area contributed by atoms with E-state index in [1.54, 1.807) is 50.5 Å². The van der Waals surface area contributed by atoms with Crippen molar-refractivity contribution >= 4 is 21.4 Å². The zero-order valence-corrected chi connectivity index (χ0v) is 13.0. The maximum Gasteiger partial charge on any atom is 0.264 e. The third-order valence-electron chi connectivity index (χ3n) is 3.27. The van der Waals surface area contributed by atoms with E-state index in [-0.39, 0.29) is 0 Å². The van der Waals surface area contributed by atoms with Crippen molar-refractivity contribution in [2.24, 2.45) is 5.84 Å². The molecule has 21 heavy (non-hydrogen) atoms. The molecule has 0 amide bonds. The van der Waals surface area contributed by atoms with Crippen LogP contribution in [-0.2, 0) is 10.0 Å². The van der Waals surface area contributed by atoms with Crippen LogP contribution in [0.5, 0.6) is 0 Å². The molecular formula is C14H18N4O2S.